The fourth-order valence-corrected chi connectivity index (χ4v) is 5.78. The predicted octanol–water partition coefficient (Wildman–Crippen LogP) is 3.24. The molecule has 0 unspecified atom stereocenters. The Morgan fingerprint density at radius 1 is 1.31 bits per heavy atom. The molecule has 0 aromatic carbocycles. The third-order valence-corrected chi connectivity index (χ3v) is 8.15. The molecule has 3 aromatic rings. The largest absolute Gasteiger partial charge is 0.481 e. The van der Waals surface area contributed by atoms with Crippen LogP contribution in [0.15, 0.2) is 39.8 Å². The number of thioether (sulfide) groups is 1. The quantitative estimate of drug-likeness (QED) is 0.350. The van der Waals surface area contributed by atoms with Crippen LogP contribution >= 0.6 is 27.7 Å². The number of amides is 2. The molecule has 4 heterocycles. The molecule has 1 saturated carbocycles. The van der Waals surface area contributed by atoms with Gasteiger partial charge in [0.05, 0.1) is 34.7 Å². The number of carbonyl (C=O) groups is 2. The Morgan fingerprint density at radius 3 is 2.89 bits per heavy atom. The predicted molar refractivity (Wildman–Crippen MR) is 140 cm³/mol. The summed E-state index contributed by atoms with van der Waals surface area (Å²) < 4.78 is 6.06. The summed E-state index contributed by atoms with van der Waals surface area (Å²) in [6.45, 7) is 0.500. The smallest absolute Gasteiger partial charge is 0.256 e. The maximum atomic E-state index is 13.1. The van der Waals surface area contributed by atoms with E-state index in [9.17, 15) is 14.7 Å². The molecular weight excluding hydrogens is 548 g/mol. The van der Waals surface area contributed by atoms with Gasteiger partial charge in [0.15, 0.2) is 0 Å². The molecule has 1 aliphatic carbocycles. The summed E-state index contributed by atoms with van der Waals surface area (Å²) in [5, 5.41) is 20.2. The minimum absolute atomic E-state index is 0.0549. The molecule has 1 aliphatic heterocycles. The Morgan fingerprint density at radius 2 is 2.11 bits per heavy atom. The lowest BCUT2D eigenvalue weighted by Crippen LogP contribution is -2.48. The molecule has 0 atom stereocenters. The molecule has 0 bridgehead atoms. The maximum Gasteiger partial charge on any atom is 0.256 e. The highest BCUT2D eigenvalue weighted by molar-refractivity contribution is 9.10. The minimum atomic E-state index is -1.47. The third kappa shape index (κ3) is 5.17. The topological polar surface area (TPSA) is 138 Å². The zero-order valence-corrected chi connectivity index (χ0v) is 21.9. The Balaban J connectivity index is 1.20. The number of carbonyl (C=O) groups excluding carboxylic acids is 2. The highest BCUT2D eigenvalue weighted by Crippen LogP contribution is 2.34. The number of aliphatic hydroxyl groups is 1. The van der Waals surface area contributed by atoms with Crippen LogP contribution in [0.5, 0.6) is 5.88 Å². The van der Waals surface area contributed by atoms with Crippen molar-refractivity contribution >= 4 is 62.0 Å². The average molecular weight is 573 g/mol. The van der Waals surface area contributed by atoms with Crippen molar-refractivity contribution in [3.05, 3.63) is 40.6 Å². The minimum Gasteiger partial charge on any atom is -0.481 e. The summed E-state index contributed by atoms with van der Waals surface area (Å²) >= 11 is 5.04. The van der Waals surface area contributed by atoms with E-state index in [0.717, 1.165) is 15.1 Å². The molecule has 36 heavy (non-hydrogen) atoms. The number of pyridine rings is 3. The van der Waals surface area contributed by atoms with Gasteiger partial charge in [-0.25, -0.2) is 9.97 Å². The summed E-state index contributed by atoms with van der Waals surface area (Å²) in [5.74, 6) is 0.879. The molecule has 4 N–H and O–H groups in total. The number of anilines is 2. The van der Waals surface area contributed by atoms with E-state index in [4.69, 9.17) is 4.74 Å². The number of hydrogen-bond donors (Lipinski definition) is 4. The molecule has 10 nitrogen and oxygen atoms in total. The third-order valence-electron chi connectivity index (χ3n) is 6.44. The van der Waals surface area contributed by atoms with Crippen LogP contribution in [0.2, 0.25) is 0 Å². The van der Waals surface area contributed by atoms with Gasteiger partial charge in [0, 0.05) is 29.3 Å². The fraction of sp³-hybridized carbons (Fsp3) is 0.375. The first-order valence-corrected chi connectivity index (χ1v) is 13.3. The highest BCUT2D eigenvalue weighted by Gasteiger charge is 2.40. The molecule has 5 rings (SSSR count). The van der Waals surface area contributed by atoms with Crippen LogP contribution in [-0.2, 0) is 16.1 Å². The van der Waals surface area contributed by atoms with Crippen molar-refractivity contribution in [1.82, 2.24) is 20.3 Å². The van der Waals surface area contributed by atoms with Gasteiger partial charge in [-0.05, 0) is 59.8 Å². The number of fused-ring (bicyclic) bond motifs is 2. The summed E-state index contributed by atoms with van der Waals surface area (Å²) in [7, 11) is 1.52. The molecule has 0 radical (unpaired) electrons. The lowest BCUT2D eigenvalue weighted by atomic mass is 9.81. The Hall–Kier alpha value is -2.80. The van der Waals surface area contributed by atoms with Crippen molar-refractivity contribution in [3.8, 4) is 5.88 Å². The van der Waals surface area contributed by atoms with Crippen LogP contribution in [0.3, 0.4) is 0 Å². The molecule has 0 saturated heterocycles. The molecule has 0 spiro atoms. The fourth-order valence-electron chi connectivity index (χ4n) is 4.37. The Kier molecular flexibility index (Phi) is 7.11. The second-order valence-corrected chi connectivity index (χ2v) is 10.7. The molecule has 2 amide bonds. The van der Waals surface area contributed by atoms with E-state index in [1.165, 1.54) is 18.9 Å². The second-order valence-electron chi connectivity index (χ2n) is 8.82. The summed E-state index contributed by atoms with van der Waals surface area (Å²) in [5.41, 5.74) is 0.919. The van der Waals surface area contributed by atoms with E-state index in [2.05, 4.69) is 46.8 Å². The number of ether oxygens (including phenoxy) is 1. The number of hydrogen-bond acceptors (Lipinski definition) is 9. The van der Waals surface area contributed by atoms with Crippen LogP contribution in [0, 0.1) is 0 Å². The van der Waals surface area contributed by atoms with Crippen molar-refractivity contribution in [3.63, 3.8) is 0 Å². The molecule has 1 fully saturated rings. The van der Waals surface area contributed by atoms with Crippen LogP contribution in [0.4, 0.5) is 11.5 Å². The standard InChI is InChI=1S/C24H25BrN6O4S/c1-35-20-3-2-15-21(31-20)16(6-9-26-15)29-23(33)24(34)7-4-13(5-8-24)27-11-17-14(25)10-18-22(28-17)30-19(32)12-36-18/h2-3,6,9-10,13,27,34H,4-5,7-8,11-12H2,1H3,(H,26,29,33)(H,28,30,32)/t13-,24+. The van der Waals surface area contributed by atoms with Crippen molar-refractivity contribution in [1.29, 1.82) is 0 Å². The maximum absolute atomic E-state index is 13.1. The number of halogens is 1. The highest BCUT2D eigenvalue weighted by atomic mass is 79.9. The zero-order chi connectivity index (χ0) is 25.3. The van der Waals surface area contributed by atoms with Gasteiger partial charge in [-0.1, -0.05) is 0 Å². The molecule has 3 aromatic heterocycles. The first-order chi connectivity index (χ1) is 17.3. The van der Waals surface area contributed by atoms with Crippen LogP contribution in [0.1, 0.15) is 31.4 Å². The number of nitrogens with zero attached hydrogens (tertiary/aromatic N) is 3. The van der Waals surface area contributed by atoms with Gasteiger partial charge in [-0.15, -0.1) is 11.8 Å². The summed E-state index contributed by atoms with van der Waals surface area (Å²) in [6.07, 6.45) is 3.49. The van der Waals surface area contributed by atoms with Crippen LogP contribution < -0.4 is 20.7 Å². The van der Waals surface area contributed by atoms with E-state index >= 15 is 0 Å². The van der Waals surface area contributed by atoms with Crippen molar-refractivity contribution < 1.29 is 19.4 Å². The number of methoxy groups -OCH3 is 1. The number of nitrogens with one attached hydrogen (secondary N) is 3. The molecule has 188 valence electrons. The van der Waals surface area contributed by atoms with Gasteiger partial charge in [-0.3, -0.25) is 14.6 Å². The molecular formula is C24H25BrN6O4S. The van der Waals surface area contributed by atoms with Gasteiger partial charge in [0.1, 0.15) is 16.9 Å². The van der Waals surface area contributed by atoms with Gasteiger partial charge < -0.3 is 25.8 Å². The number of aromatic nitrogens is 3. The second kappa shape index (κ2) is 10.3. The van der Waals surface area contributed by atoms with Gasteiger partial charge in [0.2, 0.25) is 11.8 Å². The lowest BCUT2D eigenvalue weighted by Gasteiger charge is -2.35. The normalized spacial score (nSPS) is 21.5. The zero-order valence-electron chi connectivity index (χ0n) is 19.5. The van der Waals surface area contributed by atoms with Gasteiger partial charge >= 0.3 is 0 Å². The van der Waals surface area contributed by atoms with Gasteiger partial charge in [0.25, 0.3) is 5.91 Å². The van der Waals surface area contributed by atoms with Crippen molar-refractivity contribution in [2.75, 3.05) is 23.5 Å². The van der Waals surface area contributed by atoms with Crippen LogP contribution in [0.25, 0.3) is 11.0 Å². The average Bonchev–Trinajstić information content (AvgIpc) is 2.88. The lowest BCUT2D eigenvalue weighted by molar-refractivity contribution is -0.137. The monoisotopic (exact) mass is 572 g/mol. The van der Waals surface area contributed by atoms with E-state index in [-0.39, 0.29) is 11.9 Å². The van der Waals surface area contributed by atoms with Gasteiger partial charge in [-0.2, -0.15) is 0 Å². The number of rotatable bonds is 6. The molecule has 12 heteroatoms. The van der Waals surface area contributed by atoms with E-state index in [0.29, 0.717) is 66.4 Å². The van der Waals surface area contributed by atoms with Crippen molar-refractivity contribution in [2.24, 2.45) is 0 Å². The van der Waals surface area contributed by atoms with Crippen molar-refractivity contribution in [2.45, 2.75) is 48.8 Å². The SMILES string of the molecule is COc1ccc2nccc(NC(=O)[C@]3(O)CC[C@@H](NCc4nc5c(cc4Br)SCC(=O)N5)CC3)c2n1. The Bertz CT molecular complexity index is 1330. The first kappa shape index (κ1) is 24.9. The van der Waals surface area contributed by atoms with E-state index < -0.39 is 11.5 Å². The first-order valence-electron chi connectivity index (χ1n) is 11.5. The summed E-state index contributed by atoms with van der Waals surface area (Å²) in [6, 6.07) is 7.23. The summed E-state index contributed by atoms with van der Waals surface area (Å²) in [4.78, 5) is 38.9. The van der Waals surface area contributed by atoms with E-state index in [1.807, 2.05) is 6.07 Å². The molecule has 2 aliphatic rings. The van der Waals surface area contributed by atoms with E-state index in [1.54, 1.807) is 24.4 Å². The Labute approximate surface area is 220 Å². The van der Waals surface area contributed by atoms with Crippen LogP contribution in [-0.4, -0.2) is 56.4 Å².